The largest absolute Gasteiger partial charge is 0.325 e. The van der Waals surface area contributed by atoms with E-state index in [-0.39, 0.29) is 0 Å². The minimum Gasteiger partial charge on any atom is -0.325 e. The number of terminal acetylenes is 1. The molecule has 0 rings (SSSR count). The van der Waals surface area contributed by atoms with E-state index in [0.29, 0.717) is 5.75 Å². The molecule has 0 saturated carbocycles. The van der Waals surface area contributed by atoms with Crippen LogP contribution in [0.3, 0.4) is 0 Å². The van der Waals surface area contributed by atoms with Crippen molar-refractivity contribution in [3.05, 3.63) is 10.3 Å². The van der Waals surface area contributed by atoms with Gasteiger partial charge in [-0.2, -0.15) is 0 Å². The van der Waals surface area contributed by atoms with Gasteiger partial charge in [-0.3, -0.25) is 0 Å². The summed E-state index contributed by atoms with van der Waals surface area (Å²) in [5.41, 5.74) is 0. The monoisotopic (exact) mass is 188 g/mol. The van der Waals surface area contributed by atoms with E-state index in [1.165, 1.54) is 11.8 Å². The van der Waals surface area contributed by atoms with Gasteiger partial charge < -0.3 is 4.55 Å². The van der Waals surface area contributed by atoms with Crippen LogP contribution in [0.5, 0.6) is 0 Å². The molecule has 0 aromatic carbocycles. The lowest BCUT2D eigenvalue weighted by Crippen LogP contribution is -1.73. The zero-order valence-electron chi connectivity index (χ0n) is 6.54. The number of thioether (sulfide) groups is 1. The molecule has 0 fully saturated rings. The minimum absolute atomic E-state index is 0.628. The fraction of sp³-hybridized carbons (Fsp3) is 0.500. The van der Waals surface area contributed by atoms with Gasteiger partial charge in [0, 0.05) is 12.0 Å². The highest BCUT2D eigenvalue weighted by atomic mass is 32.2. The summed E-state index contributed by atoms with van der Waals surface area (Å²) < 4.78 is 9.65. The van der Waals surface area contributed by atoms with Gasteiger partial charge in [-0.05, 0) is 6.42 Å². The van der Waals surface area contributed by atoms with Crippen molar-refractivity contribution < 1.29 is 4.55 Å². The number of unbranched alkanes of at least 4 members (excludes halogenated alkanes) is 1. The van der Waals surface area contributed by atoms with Gasteiger partial charge in [0.1, 0.15) is 0 Å². The van der Waals surface area contributed by atoms with Crippen LogP contribution in [-0.2, 0) is 0 Å². The van der Waals surface area contributed by atoms with Gasteiger partial charge in [0.25, 0.3) is 0 Å². The van der Waals surface area contributed by atoms with E-state index in [1.807, 2.05) is 6.08 Å². The molecule has 0 aromatic heterocycles. The van der Waals surface area contributed by atoms with Crippen molar-refractivity contribution in [1.82, 2.24) is 0 Å². The summed E-state index contributed by atoms with van der Waals surface area (Å²) in [7, 11) is 0. The molecule has 0 aromatic rings. The van der Waals surface area contributed by atoms with Crippen molar-refractivity contribution in [2.75, 3.05) is 5.75 Å². The molecule has 0 aliphatic carbocycles. The second kappa shape index (κ2) is 8.06. The van der Waals surface area contributed by atoms with Gasteiger partial charge in [0.2, 0.25) is 0 Å². The Morgan fingerprint density at radius 3 is 2.91 bits per heavy atom. The lowest BCUT2D eigenvalue weighted by Gasteiger charge is -1.97. The molecule has 0 bridgehead atoms. The van der Waals surface area contributed by atoms with Crippen LogP contribution >= 0.6 is 23.8 Å². The molecule has 1 N–H and O–H groups in total. The first-order valence-corrected chi connectivity index (χ1v) is 5.18. The van der Waals surface area contributed by atoms with Crippen LogP contribution in [0.1, 0.15) is 19.8 Å². The third-order valence-electron chi connectivity index (χ3n) is 0.987. The number of hydrogen-bond acceptors (Lipinski definition) is 3. The van der Waals surface area contributed by atoms with Crippen LogP contribution in [0, 0.1) is 12.3 Å². The maximum absolute atomic E-state index is 8.74. The first-order chi connectivity index (χ1) is 5.35. The Morgan fingerprint density at radius 1 is 1.73 bits per heavy atom. The van der Waals surface area contributed by atoms with Crippen LogP contribution in [0.2, 0.25) is 0 Å². The fourth-order valence-corrected chi connectivity index (χ4v) is 1.54. The standard InChI is InChI=1S/C8H12OS2/c1-3-5-6-8(11-9)10-7-4-2/h2,6,9H,3,5,7H2,1H3/b8-6-. The Morgan fingerprint density at radius 2 is 2.45 bits per heavy atom. The van der Waals surface area contributed by atoms with E-state index in [4.69, 9.17) is 11.0 Å². The molecule has 0 unspecified atom stereocenters. The summed E-state index contributed by atoms with van der Waals surface area (Å²) in [5.74, 6) is 3.13. The number of hydrogen-bond donors (Lipinski definition) is 1. The predicted octanol–water partition coefficient (Wildman–Crippen LogP) is 3.20. The van der Waals surface area contributed by atoms with E-state index < -0.39 is 0 Å². The molecule has 0 saturated heterocycles. The normalized spacial score (nSPS) is 11.2. The van der Waals surface area contributed by atoms with E-state index >= 15 is 0 Å². The van der Waals surface area contributed by atoms with Gasteiger partial charge in [-0.15, -0.1) is 18.2 Å². The topological polar surface area (TPSA) is 20.2 Å². The van der Waals surface area contributed by atoms with Crippen LogP contribution in [0.15, 0.2) is 10.3 Å². The summed E-state index contributed by atoms with van der Waals surface area (Å²) >= 11 is 2.28. The molecular formula is C8H12OS2. The van der Waals surface area contributed by atoms with E-state index in [9.17, 15) is 0 Å². The van der Waals surface area contributed by atoms with Crippen molar-refractivity contribution in [2.45, 2.75) is 19.8 Å². The third-order valence-corrected chi connectivity index (χ3v) is 2.67. The molecule has 11 heavy (non-hydrogen) atoms. The summed E-state index contributed by atoms with van der Waals surface area (Å²) in [6.07, 6.45) is 9.18. The summed E-state index contributed by atoms with van der Waals surface area (Å²) in [6.45, 7) is 2.10. The van der Waals surface area contributed by atoms with Crippen molar-refractivity contribution >= 4 is 23.8 Å². The van der Waals surface area contributed by atoms with Crippen LogP contribution in [0.25, 0.3) is 0 Å². The first kappa shape index (κ1) is 11.0. The Balaban J connectivity index is 3.66. The third kappa shape index (κ3) is 6.36. The van der Waals surface area contributed by atoms with Gasteiger partial charge in [0.05, 0.1) is 9.99 Å². The molecule has 1 nitrogen and oxygen atoms in total. The van der Waals surface area contributed by atoms with Crippen LogP contribution in [-0.4, -0.2) is 10.3 Å². The Bertz CT molecular complexity index is 158. The maximum atomic E-state index is 8.74. The zero-order valence-corrected chi connectivity index (χ0v) is 8.17. The molecule has 0 heterocycles. The minimum atomic E-state index is 0.628. The van der Waals surface area contributed by atoms with Crippen molar-refractivity contribution in [3.8, 4) is 12.3 Å². The second-order valence-electron chi connectivity index (χ2n) is 1.90. The zero-order chi connectivity index (χ0) is 8.53. The molecule has 0 aliphatic rings. The SMILES string of the molecule is C#CCS/C(=C/CCC)SO. The summed E-state index contributed by atoms with van der Waals surface area (Å²) in [5, 5.41) is 0. The first-order valence-electron chi connectivity index (χ1n) is 3.43. The molecule has 0 amide bonds. The van der Waals surface area contributed by atoms with Crippen molar-refractivity contribution in [1.29, 1.82) is 0 Å². The summed E-state index contributed by atoms with van der Waals surface area (Å²) in [4.78, 5) is 0. The molecular weight excluding hydrogens is 176 g/mol. The number of rotatable bonds is 5. The smallest absolute Gasteiger partial charge is 0.0648 e. The number of allylic oxidation sites excluding steroid dienone is 1. The maximum Gasteiger partial charge on any atom is 0.0648 e. The molecule has 0 atom stereocenters. The molecule has 0 radical (unpaired) electrons. The molecule has 3 heteroatoms. The lowest BCUT2D eigenvalue weighted by atomic mass is 10.3. The second-order valence-corrected chi connectivity index (χ2v) is 3.79. The van der Waals surface area contributed by atoms with E-state index in [2.05, 4.69) is 12.8 Å². The Hall–Kier alpha value is -0.0400. The van der Waals surface area contributed by atoms with Gasteiger partial charge in [0.15, 0.2) is 0 Å². The summed E-state index contributed by atoms with van der Waals surface area (Å²) in [6, 6.07) is 0. The molecule has 62 valence electrons. The highest BCUT2D eigenvalue weighted by molar-refractivity contribution is 8.20. The van der Waals surface area contributed by atoms with Crippen LogP contribution in [0.4, 0.5) is 0 Å². The lowest BCUT2D eigenvalue weighted by molar-refractivity contribution is 0.670. The quantitative estimate of drug-likeness (QED) is 0.528. The van der Waals surface area contributed by atoms with E-state index in [1.54, 1.807) is 0 Å². The average Bonchev–Trinajstić information content (AvgIpc) is 2.05. The molecule has 0 spiro atoms. The highest BCUT2D eigenvalue weighted by Crippen LogP contribution is 2.25. The van der Waals surface area contributed by atoms with Gasteiger partial charge in [-0.1, -0.05) is 25.3 Å². The van der Waals surface area contributed by atoms with Crippen LogP contribution < -0.4 is 0 Å². The average molecular weight is 188 g/mol. The van der Waals surface area contributed by atoms with Gasteiger partial charge in [-0.25, -0.2) is 0 Å². The predicted molar refractivity (Wildman–Crippen MR) is 54.5 cm³/mol. The molecule has 0 aliphatic heterocycles. The van der Waals surface area contributed by atoms with Gasteiger partial charge >= 0.3 is 0 Å². The highest BCUT2D eigenvalue weighted by Gasteiger charge is 1.94. The Labute approximate surface area is 76.9 Å². The fourth-order valence-electron chi connectivity index (χ4n) is 0.498. The Kier molecular flexibility index (Phi) is 8.03. The van der Waals surface area contributed by atoms with Crippen molar-refractivity contribution in [3.63, 3.8) is 0 Å². The van der Waals surface area contributed by atoms with Crippen molar-refractivity contribution in [2.24, 2.45) is 0 Å². The van der Waals surface area contributed by atoms with E-state index in [0.717, 1.165) is 29.1 Å².